The molecule has 0 bridgehead atoms. The molecule has 0 rings (SSSR count). The fourth-order valence-electron chi connectivity index (χ4n) is 0.445. The topological polar surface area (TPSA) is 26.3 Å². The zero-order valence-corrected chi connectivity index (χ0v) is 7.80. The Bertz CT molecular complexity index is 169. The van der Waals surface area contributed by atoms with E-state index < -0.39 is 0 Å². The van der Waals surface area contributed by atoms with Crippen molar-refractivity contribution in [2.75, 3.05) is 6.61 Å². The third kappa shape index (κ3) is 8.69. The summed E-state index contributed by atoms with van der Waals surface area (Å²) in [5.74, 6) is -0.263. The van der Waals surface area contributed by atoms with Crippen molar-refractivity contribution in [2.24, 2.45) is 0 Å². The highest BCUT2D eigenvalue weighted by atomic mass is 16.5. The summed E-state index contributed by atoms with van der Waals surface area (Å²) in [6.45, 7) is 13.1. The quantitative estimate of drug-likeness (QED) is 0.367. The summed E-state index contributed by atoms with van der Waals surface area (Å²) in [5, 5.41) is 0. The van der Waals surface area contributed by atoms with Crippen LogP contribution < -0.4 is 0 Å². The molecular formula is C10H16O2. The van der Waals surface area contributed by atoms with Crippen LogP contribution in [-0.2, 0) is 9.53 Å². The van der Waals surface area contributed by atoms with Gasteiger partial charge in [0, 0.05) is 6.92 Å². The lowest BCUT2D eigenvalue weighted by atomic mass is 10.3. The van der Waals surface area contributed by atoms with Crippen LogP contribution in [0.25, 0.3) is 0 Å². The van der Waals surface area contributed by atoms with Crippen LogP contribution in [-0.4, -0.2) is 12.6 Å². The van der Waals surface area contributed by atoms with Crippen LogP contribution in [0.1, 0.15) is 13.8 Å². The number of carbonyl (C=O) groups excluding carboxylic acids is 1. The zero-order valence-electron chi connectivity index (χ0n) is 7.80. The van der Waals surface area contributed by atoms with E-state index >= 15 is 0 Å². The van der Waals surface area contributed by atoms with Crippen LogP contribution in [0, 0.1) is 0 Å². The van der Waals surface area contributed by atoms with Gasteiger partial charge in [-0.25, -0.2) is 0 Å². The summed E-state index contributed by atoms with van der Waals surface area (Å²) < 4.78 is 4.71. The highest BCUT2D eigenvalue weighted by molar-refractivity contribution is 5.66. The van der Waals surface area contributed by atoms with Crippen molar-refractivity contribution in [3.63, 3.8) is 0 Å². The molecule has 0 aromatic carbocycles. The van der Waals surface area contributed by atoms with Gasteiger partial charge >= 0.3 is 5.97 Å². The summed E-state index contributed by atoms with van der Waals surface area (Å²) in [6, 6.07) is 0. The zero-order chi connectivity index (χ0) is 9.98. The Morgan fingerprint density at radius 1 is 1.50 bits per heavy atom. The third-order valence-corrected chi connectivity index (χ3v) is 1.08. The highest BCUT2D eigenvalue weighted by Crippen LogP contribution is 1.95. The van der Waals surface area contributed by atoms with Crippen molar-refractivity contribution in [2.45, 2.75) is 13.8 Å². The van der Waals surface area contributed by atoms with Gasteiger partial charge in [0.1, 0.15) is 6.61 Å². The van der Waals surface area contributed by atoms with Gasteiger partial charge in [-0.2, -0.15) is 0 Å². The molecule has 0 aromatic heterocycles. The van der Waals surface area contributed by atoms with Crippen LogP contribution in [0.3, 0.4) is 0 Å². The van der Waals surface area contributed by atoms with E-state index in [1.54, 1.807) is 6.08 Å². The molecule has 0 amide bonds. The van der Waals surface area contributed by atoms with E-state index in [0.717, 1.165) is 5.57 Å². The minimum atomic E-state index is -0.263. The van der Waals surface area contributed by atoms with Gasteiger partial charge in [0.25, 0.3) is 0 Å². The smallest absolute Gasteiger partial charge is 0.302 e. The highest BCUT2D eigenvalue weighted by Gasteiger charge is 1.92. The predicted molar refractivity (Wildman–Crippen MR) is 51.8 cm³/mol. The summed E-state index contributed by atoms with van der Waals surface area (Å²) in [6.07, 6.45) is 3.53. The molecule has 0 saturated heterocycles. The normalized spacial score (nSPS) is 9.33. The van der Waals surface area contributed by atoms with E-state index in [1.807, 2.05) is 13.0 Å². The molecule has 2 heteroatoms. The van der Waals surface area contributed by atoms with Gasteiger partial charge in [-0.3, -0.25) is 4.79 Å². The van der Waals surface area contributed by atoms with Gasteiger partial charge in [-0.1, -0.05) is 18.7 Å². The molecule has 0 aromatic rings. The summed E-state index contributed by atoms with van der Waals surface area (Å²) in [7, 11) is 0. The molecule has 0 saturated carbocycles. The monoisotopic (exact) mass is 168 g/mol. The summed E-state index contributed by atoms with van der Waals surface area (Å²) in [4.78, 5) is 10.3. The molecule has 0 N–H and O–H groups in total. The minimum Gasteiger partial charge on any atom is -0.461 e. The molecule has 0 heterocycles. The number of esters is 1. The number of hydrogen-bond donors (Lipinski definition) is 0. The third-order valence-electron chi connectivity index (χ3n) is 1.08. The average molecular weight is 168 g/mol. The van der Waals surface area contributed by atoms with E-state index in [-0.39, 0.29) is 5.97 Å². The maximum atomic E-state index is 10.3. The number of allylic oxidation sites excluding steroid dienone is 1. The van der Waals surface area contributed by atoms with Crippen LogP contribution in [0.5, 0.6) is 0 Å². The van der Waals surface area contributed by atoms with E-state index in [2.05, 4.69) is 19.7 Å². The Balaban J connectivity index is 0. The standard InChI is InChI=1S/C8H12O2.C2H4/c1-4-8(5-2)6-10-7(3)9;1-2/h4-5H,1,6H2,2-3H3;1-2H2/b8-5+;. The molecule has 12 heavy (non-hydrogen) atoms. The van der Waals surface area contributed by atoms with E-state index in [4.69, 9.17) is 4.74 Å². The van der Waals surface area contributed by atoms with E-state index in [9.17, 15) is 4.79 Å². The Hall–Kier alpha value is -1.31. The second kappa shape index (κ2) is 9.69. The van der Waals surface area contributed by atoms with Gasteiger partial charge in [0.2, 0.25) is 0 Å². The summed E-state index contributed by atoms with van der Waals surface area (Å²) in [5.41, 5.74) is 0.926. The molecule has 0 radical (unpaired) electrons. The average Bonchev–Trinajstić information content (AvgIpc) is 2.09. The minimum absolute atomic E-state index is 0.263. The van der Waals surface area contributed by atoms with Crippen molar-refractivity contribution >= 4 is 5.97 Å². The number of rotatable bonds is 3. The van der Waals surface area contributed by atoms with Crippen molar-refractivity contribution in [1.82, 2.24) is 0 Å². The van der Waals surface area contributed by atoms with Crippen LogP contribution in [0.4, 0.5) is 0 Å². The van der Waals surface area contributed by atoms with Gasteiger partial charge in [0.05, 0.1) is 0 Å². The maximum absolute atomic E-state index is 10.3. The number of ether oxygens (including phenoxy) is 1. The molecular weight excluding hydrogens is 152 g/mol. The molecule has 0 aliphatic rings. The van der Waals surface area contributed by atoms with Crippen LogP contribution >= 0.6 is 0 Å². The largest absolute Gasteiger partial charge is 0.461 e. The SMILES string of the molecule is C=C.C=C/C(=C\C)COC(C)=O. The van der Waals surface area contributed by atoms with Gasteiger partial charge < -0.3 is 4.74 Å². The number of hydrogen-bond acceptors (Lipinski definition) is 2. The Labute approximate surface area is 74.2 Å². The maximum Gasteiger partial charge on any atom is 0.302 e. The van der Waals surface area contributed by atoms with Crippen molar-refractivity contribution in [3.05, 3.63) is 37.5 Å². The molecule has 0 aliphatic carbocycles. The van der Waals surface area contributed by atoms with Gasteiger partial charge in [0.15, 0.2) is 0 Å². The molecule has 68 valence electrons. The molecule has 0 aliphatic heterocycles. The Kier molecular flexibility index (Phi) is 10.7. The van der Waals surface area contributed by atoms with E-state index in [0.29, 0.717) is 6.61 Å². The van der Waals surface area contributed by atoms with Crippen molar-refractivity contribution in [3.8, 4) is 0 Å². The van der Waals surface area contributed by atoms with Gasteiger partial charge in [-0.15, -0.1) is 13.2 Å². The first-order valence-electron chi connectivity index (χ1n) is 3.61. The van der Waals surface area contributed by atoms with Crippen LogP contribution in [0.15, 0.2) is 37.5 Å². The molecule has 2 nitrogen and oxygen atoms in total. The van der Waals surface area contributed by atoms with E-state index in [1.165, 1.54) is 6.92 Å². The lowest BCUT2D eigenvalue weighted by Gasteiger charge is -2.00. The molecule has 0 unspecified atom stereocenters. The number of carbonyl (C=O) groups is 1. The van der Waals surface area contributed by atoms with Crippen molar-refractivity contribution < 1.29 is 9.53 Å². The van der Waals surface area contributed by atoms with Crippen molar-refractivity contribution in [1.29, 1.82) is 0 Å². The fourth-order valence-corrected chi connectivity index (χ4v) is 0.445. The first kappa shape index (κ1) is 13.3. The second-order valence-corrected chi connectivity index (χ2v) is 1.85. The fraction of sp³-hybridized carbons (Fsp3) is 0.300. The predicted octanol–water partition coefficient (Wildman–Crippen LogP) is 2.48. The molecule has 0 atom stereocenters. The lowest BCUT2D eigenvalue weighted by Crippen LogP contribution is -2.01. The summed E-state index contributed by atoms with van der Waals surface area (Å²) >= 11 is 0. The second-order valence-electron chi connectivity index (χ2n) is 1.85. The Morgan fingerprint density at radius 3 is 2.25 bits per heavy atom. The lowest BCUT2D eigenvalue weighted by molar-refractivity contribution is -0.139. The van der Waals surface area contributed by atoms with Crippen LogP contribution in [0.2, 0.25) is 0 Å². The van der Waals surface area contributed by atoms with Gasteiger partial charge in [-0.05, 0) is 12.5 Å². The Morgan fingerprint density at radius 2 is 2.00 bits per heavy atom. The molecule has 0 fully saturated rings. The molecule has 0 spiro atoms. The first-order valence-corrected chi connectivity index (χ1v) is 3.61. The first-order chi connectivity index (χ1) is 5.70.